The molecule has 1 heterocycles. The topological polar surface area (TPSA) is 24.9 Å². The zero-order valence-corrected chi connectivity index (χ0v) is 13.6. The quantitative estimate of drug-likeness (QED) is 0.707. The second kappa shape index (κ2) is 6.04. The molecule has 18 heavy (non-hydrogen) atoms. The summed E-state index contributed by atoms with van der Waals surface area (Å²) in [6, 6.07) is 11.8. The molecule has 94 valence electrons. The van der Waals surface area contributed by atoms with Crippen LogP contribution >= 0.6 is 43.5 Å². The predicted octanol–water partition coefficient (Wildman–Crippen LogP) is 5.43. The summed E-state index contributed by atoms with van der Waals surface area (Å²) in [4.78, 5) is 4.22. The Morgan fingerprint density at radius 1 is 1.22 bits per heavy atom. The number of pyridine rings is 1. The molecule has 2 aromatic rings. The van der Waals surface area contributed by atoms with Crippen LogP contribution in [0.4, 0.5) is 5.82 Å². The smallest absolute Gasteiger partial charge is 0.131 e. The Kier molecular flexibility index (Phi) is 4.65. The molecule has 1 aromatic carbocycles. The minimum atomic E-state index is 0.137. The summed E-state index contributed by atoms with van der Waals surface area (Å²) in [5, 5.41) is 3.81. The van der Waals surface area contributed by atoms with Crippen LogP contribution in [0.2, 0.25) is 5.15 Å². The molecule has 0 aliphatic carbocycles. The molecule has 0 spiro atoms. The standard InChI is InChI=1S/C13H11Br2ClN2/c1-8(10-6-5-9(14)7-11(10)15)17-13-4-2-3-12(16)18-13/h2-8H,1H3,(H,17,18). The van der Waals surface area contributed by atoms with Gasteiger partial charge in [0, 0.05) is 8.95 Å². The number of anilines is 1. The molecular weight excluding hydrogens is 379 g/mol. The summed E-state index contributed by atoms with van der Waals surface area (Å²) in [6.45, 7) is 2.08. The van der Waals surface area contributed by atoms with E-state index in [1.807, 2.05) is 24.3 Å². The normalized spacial score (nSPS) is 12.2. The fourth-order valence-corrected chi connectivity index (χ4v) is 3.20. The number of hydrogen-bond donors (Lipinski definition) is 1. The van der Waals surface area contributed by atoms with Gasteiger partial charge in [-0.3, -0.25) is 0 Å². The van der Waals surface area contributed by atoms with Crippen LogP contribution in [-0.4, -0.2) is 4.98 Å². The average Bonchev–Trinajstić information content (AvgIpc) is 2.28. The highest BCUT2D eigenvalue weighted by atomic mass is 79.9. The number of halogens is 3. The van der Waals surface area contributed by atoms with E-state index < -0.39 is 0 Å². The fourth-order valence-electron chi connectivity index (χ4n) is 1.64. The molecule has 0 aliphatic rings. The Hall–Kier alpha value is -0.580. The van der Waals surface area contributed by atoms with E-state index in [0.29, 0.717) is 5.15 Å². The number of aromatic nitrogens is 1. The van der Waals surface area contributed by atoms with Gasteiger partial charge in [-0.2, -0.15) is 0 Å². The monoisotopic (exact) mass is 388 g/mol. The maximum Gasteiger partial charge on any atom is 0.131 e. The van der Waals surface area contributed by atoms with Gasteiger partial charge in [0.05, 0.1) is 6.04 Å². The predicted molar refractivity (Wildman–Crippen MR) is 83.1 cm³/mol. The van der Waals surface area contributed by atoms with E-state index >= 15 is 0 Å². The molecule has 0 bridgehead atoms. The summed E-state index contributed by atoms with van der Waals surface area (Å²) in [5.74, 6) is 0.768. The highest BCUT2D eigenvalue weighted by Crippen LogP contribution is 2.28. The molecule has 5 heteroatoms. The van der Waals surface area contributed by atoms with Gasteiger partial charge in [-0.05, 0) is 36.8 Å². The lowest BCUT2D eigenvalue weighted by Crippen LogP contribution is -2.08. The van der Waals surface area contributed by atoms with Crippen LogP contribution in [0.25, 0.3) is 0 Å². The van der Waals surface area contributed by atoms with Crippen LogP contribution in [0.1, 0.15) is 18.5 Å². The SMILES string of the molecule is CC(Nc1cccc(Cl)n1)c1ccc(Br)cc1Br. The van der Waals surface area contributed by atoms with E-state index in [0.717, 1.165) is 14.8 Å². The fraction of sp³-hybridized carbons (Fsp3) is 0.154. The molecule has 1 atom stereocenters. The first-order valence-electron chi connectivity index (χ1n) is 5.40. The summed E-state index contributed by atoms with van der Waals surface area (Å²) in [7, 11) is 0. The Morgan fingerprint density at radius 2 is 2.00 bits per heavy atom. The van der Waals surface area contributed by atoms with Gasteiger partial charge in [0.2, 0.25) is 0 Å². The van der Waals surface area contributed by atoms with Gasteiger partial charge < -0.3 is 5.32 Å². The molecule has 0 saturated carbocycles. The second-order valence-corrected chi connectivity index (χ2v) is 6.03. The van der Waals surface area contributed by atoms with Crippen molar-refractivity contribution in [2.24, 2.45) is 0 Å². The first-order valence-corrected chi connectivity index (χ1v) is 7.36. The second-order valence-electron chi connectivity index (χ2n) is 3.88. The van der Waals surface area contributed by atoms with Crippen molar-refractivity contribution in [2.45, 2.75) is 13.0 Å². The van der Waals surface area contributed by atoms with Gasteiger partial charge in [-0.1, -0.05) is 55.6 Å². The largest absolute Gasteiger partial charge is 0.363 e. The minimum absolute atomic E-state index is 0.137. The van der Waals surface area contributed by atoms with Gasteiger partial charge in [0.1, 0.15) is 11.0 Å². The van der Waals surface area contributed by atoms with E-state index in [9.17, 15) is 0 Å². The van der Waals surface area contributed by atoms with E-state index in [1.54, 1.807) is 6.07 Å². The highest BCUT2D eigenvalue weighted by molar-refractivity contribution is 9.11. The lowest BCUT2D eigenvalue weighted by molar-refractivity contribution is 0.868. The lowest BCUT2D eigenvalue weighted by Gasteiger charge is -2.16. The first kappa shape index (κ1) is 13.8. The van der Waals surface area contributed by atoms with Crippen molar-refractivity contribution in [3.63, 3.8) is 0 Å². The molecule has 0 aliphatic heterocycles. The molecule has 2 nitrogen and oxygen atoms in total. The molecular formula is C13H11Br2ClN2. The number of nitrogens with zero attached hydrogens (tertiary/aromatic N) is 1. The molecule has 2 rings (SSSR count). The van der Waals surface area contributed by atoms with Crippen molar-refractivity contribution >= 4 is 49.3 Å². The summed E-state index contributed by atoms with van der Waals surface area (Å²) >= 11 is 12.9. The van der Waals surface area contributed by atoms with Gasteiger partial charge in [0.25, 0.3) is 0 Å². The molecule has 0 amide bonds. The van der Waals surface area contributed by atoms with Crippen LogP contribution in [-0.2, 0) is 0 Å². The molecule has 1 aromatic heterocycles. The first-order chi connectivity index (χ1) is 8.56. The van der Waals surface area contributed by atoms with E-state index in [1.165, 1.54) is 5.56 Å². The molecule has 0 radical (unpaired) electrons. The highest BCUT2D eigenvalue weighted by Gasteiger charge is 2.10. The Balaban J connectivity index is 2.19. The Bertz CT molecular complexity index is 560. The molecule has 1 N–H and O–H groups in total. The van der Waals surface area contributed by atoms with Crippen LogP contribution in [0.15, 0.2) is 45.3 Å². The van der Waals surface area contributed by atoms with Gasteiger partial charge in [-0.15, -0.1) is 0 Å². The van der Waals surface area contributed by atoms with Crippen LogP contribution in [0.5, 0.6) is 0 Å². The lowest BCUT2D eigenvalue weighted by atomic mass is 10.1. The third-order valence-corrected chi connectivity index (χ3v) is 3.90. The van der Waals surface area contributed by atoms with E-state index in [2.05, 4.69) is 55.2 Å². The summed E-state index contributed by atoms with van der Waals surface area (Å²) < 4.78 is 2.10. The van der Waals surface area contributed by atoms with Crippen LogP contribution < -0.4 is 5.32 Å². The molecule has 0 fully saturated rings. The number of hydrogen-bond acceptors (Lipinski definition) is 2. The third-order valence-electron chi connectivity index (χ3n) is 2.51. The number of rotatable bonds is 3. The van der Waals surface area contributed by atoms with Crippen molar-refractivity contribution in [1.82, 2.24) is 4.98 Å². The molecule has 0 saturated heterocycles. The summed E-state index contributed by atoms with van der Waals surface area (Å²) in [5.41, 5.74) is 1.17. The minimum Gasteiger partial charge on any atom is -0.363 e. The maximum absolute atomic E-state index is 5.86. The van der Waals surface area contributed by atoms with Crippen molar-refractivity contribution in [3.8, 4) is 0 Å². The maximum atomic E-state index is 5.86. The molecule has 1 unspecified atom stereocenters. The van der Waals surface area contributed by atoms with Crippen LogP contribution in [0, 0.1) is 0 Å². The number of nitrogens with one attached hydrogen (secondary N) is 1. The van der Waals surface area contributed by atoms with Gasteiger partial charge in [0.15, 0.2) is 0 Å². The van der Waals surface area contributed by atoms with E-state index in [-0.39, 0.29) is 6.04 Å². The number of benzene rings is 1. The zero-order valence-electron chi connectivity index (χ0n) is 9.62. The van der Waals surface area contributed by atoms with E-state index in [4.69, 9.17) is 11.6 Å². The van der Waals surface area contributed by atoms with Crippen molar-refractivity contribution in [2.75, 3.05) is 5.32 Å². The van der Waals surface area contributed by atoms with Gasteiger partial charge in [-0.25, -0.2) is 4.98 Å². The van der Waals surface area contributed by atoms with Crippen molar-refractivity contribution in [3.05, 3.63) is 56.1 Å². The van der Waals surface area contributed by atoms with Crippen molar-refractivity contribution in [1.29, 1.82) is 0 Å². The summed E-state index contributed by atoms with van der Waals surface area (Å²) in [6.07, 6.45) is 0. The van der Waals surface area contributed by atoms with Crippen LogP contribution in [0.3, 0.4) is 0 Å². The zero-order chi connectivity index (χ0) is 13.1. The third kappa shape index (κ3) is 3.46. The average molecular weight is 391 g/mol. The van der Waals surface area contributed by atoms with Gasteiger partial charge >= 0.3 is 0 Å². The Morgan fingerprint density at radius 3 is 2.67 bits per heavy atom. The van der Waals surface area contributed by atoms with Crippen molar-refractivity contribution < 1.29 is 0 Å². The Labute approximate surface area is 128 Å².